The molecule has 6 heteroatoms. The zero-order valence-electron chi connectivity index (χ0n) is 12.0. The standard InChI is InChI=1S/C15H20F4N2/c1-10-4-6-21(7-5-10)14(9-20)11-2-3-13(16)12(8-11)15(17,18)19/h2-3,8,10,14H,4-7,9,20H2,1H3. The molecule has 1 aliphatic rings. The molecule has 0 aliphatic carbocycles. The zero-order valence-corrected chi connectivity index (χ0v) is 12.0. The smallest absolute Gasteiger partial charge is 0.329 e. The maximum atomic E-state index is 13.4. The van der Waals surface area contributed by atoms with Crippen molar-refractivity contribution in [1.29, 1.82) is 0 Å². The van der Waals surface area contributed by atoms with Crippen LogP contribution in [-0.2, 0) is 6.18 Å². The Hall–Kier alpha value is -1.14. The van der Waals surface area contributed by atoms with Crippen LogP contribution in [0.5, 0.6) is 0 Å². The maximum Gasteiger partial charge on any atom is 0.419 e. The summed E-state index contributed by atoms with van der Waals surface area (Å²) in [5.41, 5.74) is 4.96. The van der Waals surface area contributed by atoms with Crippen LogP contribution in [0.2, 0.25) is 0 Å². The number of rotatable bonds is 3. The molecule has 0 radical (unpaired) electrons. The van der Waals surface area contributed by atoms with E-state index >= 15 is 0 Å². The predicted octanol–water partition coefficient (Wildman–Crippen LogP) is 3.58. The van der Waals surface area contributed by atoms with Gasteiger partial charge in [0.2, 0.25) is 0 Å². The van der Waals surface area contributed by atoms with E-state index in [-0.39, 0.29) is 12.6 Å². The molecule has 0 saturated carbocycles. The van der Waals surface area contributed by atoms with Gasteiger partial charge in [-0.25, -0.2) is 4.39 Å². The quantitative estimate of drug-likeness (QED) is 0.865. The lowest BCUT2D eigenvalue weighted by molar-refractivity contribution is -0.140. The predicted molar refractivity (Wildman–Crippen MR) is 73.2 cm³/mol. The third-order valence-electron chi connectivity index (χ3n) is 4.16. The second-order valence-corrected chi connectivity index (χ2v) is 5.71. The van der Waals surface area contributed by atoms with E-state index in [4.69, 9.17) is 5.73 Å². The number of nitrogens with zero attached hydrogens (tertiary/aromatic N) is 1. The van der Waals surface area contributed by atoms with E-state index < -0.39 is 17.6 Å². The van der Waals surface area contributed by atoms with Crippen LogP contribution in [0, 0.1) is 11.7 Å². The van der Waals surface area contributed by atoms with Crippen LogP contribution >= 0.6 is 0 Å². The second kappa shape index (κ2) is 6.32. The molecule has 1 heterocycles. The molecule has 1 aromatic rings. The molecule has 0 amide bonds. The Morgan fingerprint density at radius 2 is 1.90 bits per heavy atom. The van der Waals surface area contributed by atoms with Gasteiger partial charge in [0.15, 0.2) is 0 Å². The van der Waals surface area contributed by atoms with E-state index in [0.29, 0.717) is 11.5 Å². The van der Waals surface area contributed by atoms with E-state index in [0.717, 1.165) is 38.1 Å². The number of likely N-dealkylation sites (tertiary alicyclic amines) is 1. The highest BCUT2D eigenvalue weighted by Crippen LogP contribution is 2.34. The number of hydrogen-bond acceptors (Lipinski definition) is 2. The van der Waals surface area contributed by atoms with Gasteiger partial charge < -0.3 is 5.73 Å². The fourth-order valence-corrected chi connectivity index (χ4v) is 2.80. The number of alkyl halides is 3. The van der Waals surface area contributed by atoms with Crippen molar-refractivity contribution in [2.24, 2.45) is 11.7 Å². The summed E-state index contributed by atoms with van der Waals surface area (Å²) in [6.45, 7) is 4.00. The normalized spacial score (nSPS) is 19.7. The van der Waals surface area contributed by atoms with Crippen molar-refractivity contribution in [1.82, 2.24) is 4.90 Å². The molecule has 1 saturated heterocycles. The maximum absolute atomic E-state index is 13.4. The highest BCUT2D eigenvalue weighted by atomic mass is 19.4. The van der Waals surface area contributed by atoms with Crippen LogP contribution in [0.1, 0.15) is 36.9 Å². The van der Waals surface area contributed by atoms with Crippen LogP contribution in [0.15, 0.2) is 18.2 Å². The van der Waals surface area contributed by atoms with Gasteiger partial charge in [0.25, 0.3) is 0 Å². The number of benzene rings is 1. The molecule has 0 bridgehead atoms. The Morgan fingerprint density at radius 1 is 1.29 bits per heavy atom. The third kappa shape index (κ3) is 3.74. The number of halogens is 4. The zero-order chi connectivity index (χ0) is 15.6. The highest BCUT2D eigenvalue weighted by molar-refractivity contribution is 5.30. The molecular weight excluding hydrogens is 284 g/mol. The van der Waals surface area contributed by atoms with E-state index in [1.54, 1.807) is 0 Å². The lowest BCUT2D eigenvalue weighted by Crippen LogP contribution is -2.39. The van der Waals surface area contributed by atoms with Gasteiger partial charge in [0, 0.05) is 12.6 Å². The molecular formula is C15H20F4N2. The van der Waals surface area contributed by atoms with Gasteiger partial charge >= 0.3 is 6.18 Å². The summed E-state index contributed by atoms with van der Waals surface area (Å²) in [6.07, 6.45) is -2.68. The molecule has 1 aromatic carbocycles. The first kappa shape index (κ1) is 16.2. The Labute approximate surface area is 121 Å². The van der Waals surface area contributed by atoms with Gasteiger partial charge in [-0.15, -0.1) is 0 Å². The molecule has 1 atom stereocenters. The van der Waals surface area contributed by atoms with Crippen molar-refractivity contribution in [3.05, 3.63) is 35.1 Å². The Balaban J connectivity index is 2.26. The average molecular weight is 304 g/mol. The molecule has 0 spiro atoms. The van der Waals surface area contributed by atoms with Gasteiger partial charge in [0.05, 0.1) is 5.56 Å². The minimum absolute atomic E-state index is 0.220. The van der Waals surface area contributed by atoms with E-state index in [9.17, 15) is 17.6 Å². The number of piperidine rings is 1. The van der Waals surface area contributed by atoms with E-state index in [1.165, 1.54) is 6.07 Å². The minimum Gasteiger partial charge on any atom is -0.329 e. The van der Waals surface area contributed by atoms with Crippen LogP contribution in [-0.4, -0.2) is 24.5 Å². The average Bonchev–Trinajstić information content (AvgIpc) is 2.42. The van der Waals surface area contributed by atoms with Gasteiger partial charge in [0.1, 0.15) is 5.82 Å². The monoisotopic (exact) mass is 304 g/mol. The van der Waals surface area contributed by atoms with Crippen LogP contribution in [0.4, 0.5) is 17.6 Å². The highest BCUT2D eigenvalue weighted by Gasteiger charge is 2.35. The first-order valence-electron chi connectivity index (χ1n) is 7.13. The van der Waals surface area contributed by atoms with Crippen molar-refractivity contribution in [2.45, 2.75) is 32.0 Å². The van der Waals surface area contributed by atoms with E-state index in [1.807, 2.05) is 0 Å². The van der Waals surface area contributed by atoms with Crippen molar-refractivity contribution < 1.29 is 17.6 Å². The molecule has 1 aliphatic heterocycles. The van der Waals surface area contributed by atoms with Gasteiger partial charge in [-0.1, -0.05) is 13.0 Å². The topological polar surface area (TPSA) is 29.3 Å². The van der Waals surface area contributed by atoms with Crippen LogP contribution in [0.3, 0.4) is 0 Å². The molecule has 21 heavy (non-hydrogen) atoms. The fraction of sp³-hybridized carbons (Fsp3) is 0.600. The fourth-order valence-electron chi connectivity index (χ4n) is 2.80. The summed E-state index contributed by atoms with van der Waals surface area (Å²) in [5.74, 6) is -0.618. The summed E-state index contributed by atoms with van der Waals surface area (Å²) < 4.78 is 51.8. The van der Waals surface area contributed by atoms with Gasteiger partial charge in [-0.3, -0.25) is 4.90 Å². The molecule has 118 valence electrons. The van der Waals surface area contributed by atoms with Crippen molar-refractivity contribution in [3.63, 3.8) is 0 Å². The van der Waals surface area contributed by atoms with Crippen LogP contribution < -0.4 is 5.73 Å². The lowest BCUT2D eigenvalue weighted by atomic mass is 9.95. The number of nitrogens with two attached hydrogens (primary N) is 1. The summed E-state index contributed by atoms with van der Waals surface area (Å²) in [6, 6.07) is 2.89. The van der Waals surface area contributed by atoms with Crippen molar-refractivity contribution in [2.75, 3.05) is 19.6 Å². The second-order valence-electron chi connectivity index (χ2n) is 5.71. The lowest BCUT2D eigenvalue weighted by Gasteiger charge is -2.36. The summed E-state index contributed by atoms with van der Waals surface area (Å²) in [7, 11) is 0. The molecule has 2 nitrogen and oxygen atoms in total. The SMILES string of the molecule is CC1CCN(C(CN)c2ccc(F)c(C(F)(F)F)c2)CC1. The van der Waals surface area contributed by atoms with Crippen molar-refractivity contribution in [3.8, 4) is 0 Å². The molecule has 1 unspecified atom stereocenters. The molecule has 2 N–H and O–H groups in total. The molecule has 2 rings (SSSR count). The van der Waals surface area contributed by atoms with Gasteiger partial charge in [-0.05, 0) is 49.5 Å². The number of hydrogen-bond donors (Lipinski definition) is 1. The largest absolute Gasteiger partial charge is 0.419 e. The molecule has 1 fully saturated rings. The third-order valence-corrected chi connectivity index (χ3v) is 4.16. The Kier molecular flexibility index (Phi) is 4.88. The van der Waals surface area contributed by atoms with Crippen molar-refractivity contribution >= 4 is 0 Å². The van der Waals surface area contributed by atoms with E-state index in [2.05, 4.69) is 11.8 Å². The Bertz CT molecular complexity index is 479. The van der Waals surface area contributed by atoms with Crippen LogP contribution in [0.25, 0.3) is 0 Å². The minimum atomic E-state index is -4.68. The first-order chi connectivity index (χ1) is 9.82. The summed E-state index contributed by atoms with van der Waals surface area (Å²) in [4.78, 5) is 2.09. The first-order valence-corrected chi connectivity index (χ1v) is 7.13. The Morgan fingerprint density at radius 3 is 2.43 bits per heavy atom. The molecule has 0 aromatic heterocycles. The summed E-state index contributed by atoms with van der Waals surface area (Å²) >= 11 is 0. The summed E-state index contributed by atoms with van der Waals surface area (Å²) in [5, 5.41) is 0. The van der Waals surface area contributed by atoms with Gasteiger partial charge in [-0.2, -0.15) is 13.2 Å².